The fourth-order valence-electron chi connectivity index (χ4n) is 2.51. The predicted octanol–water partition coefficient (Wildman–Crippen LogP) is 3.59. The summed E-state index contributed by atoms with van der Waals surface area (Å²) >= 11 is 1.27. The third kappa shape index (κ3) is 4.72. The van der Waals surface area contributed by atoms with Crippen LogP contribution in [0, 0.1) is 5.82 Å². The van der Waals surface area contributed by atoms with Crippen LogP contribution in [-0.4, -0.2) is 31.4 Å². The van der Waals surface area contributed by atoms with Crippen molar-refractivity contribution in [2.24, 2.45) is 0 Å². The smallest absolute Gasteiger partial charge is 0.307 e. The van der Waals surface area contributed by atoms with Crippen LogP contribution in [0.2, 0.25) is 0 Å². The van der Waals surface area contributed by atoms with Gasteiger partial charge in [0.1, 0.15) is 5.82 Å². The molecule has 3 aromatic rings. The Hall–Kier alpha value is -3.26. The molecule has 1 heterocycles. The van der Waals surface area contributed by atoms with Crippen LogP contribution in [0.5, 0.6) is 0 Å². The molecule has 0 fully saturated rings. The molecule has 0 bridgehead atoms. The number of hydrogen-bond donors (Lipinski definition) is 2. The van der Waals surface area contributed by atoms with Crippen molar-refractivity contribution < 1.29 is 23.5 Å². The number of ether oxygens (including phenoxy) is 1. The summed E-state index contributed by atoms with van der Waals surface area (Å²) in [6.45, 7) is 0.177. The van der Waals surface area contributed by atoms with Gasteiger partial charge in [-0.05, 0) is 53.9 Å². The first-order valence-electron chi connectivity index (χ1n) is 8.42. The minimum Gasteiger partial charge on any atom is -0.469 e. The summed E-state index contributed by atoms with van der Waals surface area (Å²) in [4.78, 5) is 35.9. The summed E-state index contributed by atoms with van der Waals surface area (Å²) in [7, 11) is 1.29. The maximum Gasteiger partial charge on any atom is 0.307 e. The Kier molecular flexibility index (Phi) is 6.00. The second-order valence-electron chi connectivity index (χ2n) is 5.91. The van der Waals surface area contributed by atoms with Crippen molar-refractivity contribution >= 4 is 44.9 Å². The maximum atomic E-state index is 13.3. The monoisotopic (exact) mass is 400 g/mol. The number of hydrogen-bond acceptors (Lipinski definition) is 5. The number of thiophene rings is 1. The van der Waals surface area contributed by atoms with Crippen LogP contribution >= 0.6 is 11.3 Å². The lowest BCUT2D eigenvalue weighted by Crippen LogP contribution is -2.26. The standard InChI is InChI=1S/C20H17FN2O4S/c1-27-18(24)8-9-22-19(25)12-2-5-15(6-3-12)23-20(26)17-11-13-10-14(21)4-7-16(13)28-17/h2-7,10-11H,8-9H2,1H3,(H,22,25)(H,23,26). The molecular weight excluding hydrogens is 383 g/mol. The van der Waals surface area contributed by atoms with E-state index in [1.807, 2.05) is 0 Å². The van der Waals surface area contributed by atoms with Gasteiger partial charge in [-0.2, -0.15) is 0 Å². The number of esters is 1. The predicted molar refractivity (Wildman–Crippen MR) is 105 cm³/mol. The number of benzene rings is 2. The van der Waals surface area contributed by atoms with Gasteiger partial charge in [-0.3, -0.25) is 14.4 Å². The van der Waals surface area contributed by atoms with E-state index in [-0.39, 0.29) is 30.6 Å². The molecule has 6 nitrogen and oxygen atoms in total. The van der Waals surface area contributed by atoms with Crippen molar-refractivity contribution in [3.8, 4) is 0 Å². The van der Waals surface area contributed by atoms with Crippen LogP contribution in [-0.2, 0) is 9.53 Å². The molecule has 1 aromatic heterocycles. The molecule has 2 amide bonds. The molecule has 0 radical (unpaired) electrons. The summed E-state index contributed by atoms with van der Waals surface area (Å²) < 4.78 is 18.6. The third-order valence-corrected chi connectivity index (χ3v) is 5.06. The number of fused-ring (bicyclic) bond motifs is 1. The van der Waals surface area contributed by atoms with Crippen molar-refractivity contribution in [3.63, 3.8) is 0 Å². The van der Waals surface area contributed by atoms with Crippen molar-refractivity contribution in [1.82, 2.24) is 5.32 Å². The zero-order chi connectivity index (χ0) is 20.1. The minimum atomic E-state index is -0.401. The third-order valence-electron chi connectivity index (χ3n) is 3.95. The number of rotatable bonds is 6. The number of carbonyl (C=O) groups is 3. The summed E-state index contributed by atoms with van der Waals surface area (Å²) in [6, 6.07) is 12.4. The number of amides is 2. The second-order valence-corrected chi connectivity index (χ2v) is 6.99. The zero-order valence-corrected chi connectivity index (χ0v) is 15.8. The van der Waals surface area contributed by atoms with Gasteiger partial charge in [-0.15, -0.1) is 11.3 Å². The first-order valence-corrected chi connectivity index (χ1v) is 9.23. The van der Waals surface area contributed by atoms with E-state index >= 15 is 0 Å². The second kappa shape index (κ2) is 8.62. The van der Waals surface area contributed by atoms with Crippen LogP contribution in [0.3, 0.4) is 0 Å². The van der Waals surface area contributed by atoms with Crippen molar-refractivity contribution in [1.29, 1.82) is 0 Å². The van der Waals surface area contributed by atoms with Crippen LogP contribution in [0.4, 0.5) is 10.1 Å². The van der Waals surface area contributed by atoms with E-state index < -0.39 is 5.97 Å². The highest BCUT2D eigenvalue weighted by molar-refractivity contribution is 7.20. The van der Waals surface area contributed by atoms with Crippen LogP contribution in [0.25, 0.3) is 10.1 Å². The Morgan fingerprint density at radius 3 is 2.50 bits per heavy atom. The van der Waals surface area contributed by atoms with Gasteiger partial charge in [0.2, 0.25) is 0 Å². The Bertz CT molecular complexity index is 1030. The molecule has 0 atom stereocenters. The van der Waals surface area contributed by atoms with Gasteiger partial charge >= 0.3 is 5.97 Å². The molecule has 0 aliphatic rings. The van der Waals surface area contributed by atoms with E-state index in [1.165, 1.54) is 30.6 Å². The molecule has 0 saturated carbocycles. The van der Waals surface area contributed by atoms with Crippen LogP contribution in [0.15, 0.2) is 48.5 Å². The summed E-state index contributed by atoms with van der Waals surface area (Å²) in [5, 5.41) is 6.04. The van der Waals surface area contributed by atoms with Gasteiger partial charge in [-0.1, -0.05) is 0 Å². The van der Waals surface area contributed by atoms with Crippen molar-refractivity contribution in [2.75, 3.05) is 19.0 Å². The molecule has 3 rings (SSSR count). The van der Waals surface area contributed by atoms with Crippen LogP contribution < -0.4 is 10.6 Å². The quantitative estimate of drug-likeness (QED) is 0.620. The number of methoxy groups -OCH3 is 1. The number of halogens is 1. The van der Waals surface area contributed by atoms with Gasteiger partial charge < -0.3 is 15.4 Å². The first kappa shape index (κ1) is 19.5. The average molecular weight is 400 g/mol. The van der Waals surface area contributed by atoms with Gasteiger partial charge in [0.15, 0.2) is 0 Å². The topological polar surface area (TPSA) is 84.5 Å². The van der Waals surface area contributed by atoms with E-state index in [9.17, 15) is 18.8 Å². The van der Waals surface area contributed by atoms with Crippen molar-refractivity contribution in [3.05, 3.63) is 64.8 Å². The normalized spacial score (nSPS) is 10.5. The van der Waals surface area contributed by atoms with Gasteiger partial charge in [0, 0.05) is 22.5 Å². The van der Waals surface area contributed by atoms with Gasteiger partial charge in [-0.25, -0.2) is 4.39 Å². The Morgan fingerprint density at radius 1 is 1.04 bits per heavy atom. The fraction of sp³-hybridized carbons (Fsp3) is 0.150. The highest BCUT2D eigenvalue weighted by atomic mass is 32.1. The van der Waals surface area contributed by atoms with E-state index in [1.54, 1.807) is 36.4 Å². The van der Waals surface area contributed by atoms with Crippen molar-refractivity contribution in [2.45, 2.75) is 6.42 Å². The largest absolute Gasteiger partial charge is 0.469 e. The zero-order valence-electron chi connectivity index (χ0n) is 15.0. The van der Waals surface area contributed by atoms with E-state index in [4.69, 9.17) is 0 Å². The number of carbonyl (C=O) groups excluding carboxylic acids is 3. The lowest BCUT2D eigenvalue weighted by Gasteiger charge is -2.07. The highest BCUT2D eigenvalue weighted by Gasteiger charge is 2.12. The molecule has 8 heteroatoms. The lowest BCUT2D eigenvalue weighted by molar-refractivity contribution is -0.140. The molecular formula is C20H17FN2O4S. The molecule has 0 unspecified atom stereocenters. The SMILES string of the molecule is COC(=O)CCNC(=O)c1ccc(NC(=O)c2cc3cc(F)ccc3s2)cc1. The minimum absolute atomic E-state index is 0.0927. The molecule has 144 valence electrons. The van der Waals surface area contributed by atoms with Gasteiger partial charge in [0.25, 0.3) is 11.8 Å². The lowest BCUT2D eigenvalue weighted by atomic mass is 10.2. The molecule has 2 aromatic carbocycles. The molecule has 28 heavy (non-hydrogen) atoms. The first-order chi connectivity index (χ1) is 13.5. The summed E-state index contributed by atoms with van der Waals surface area (Å²) in [6.07, 6.45) is 0.0927. The number of anilines is 1. The Balaban J connectivity index is 1.60. The van der Waals surface area contributed by atoms with E-state index in [2.05, 4.69) is 15.4 Å². The Morgan fingerprint density at radius 2 is 1.79 bits per heavy atom. The fourth-order valence-corrected chi connectivity index (χ4v) is 3.44. The average Bonchev–Trinajstić information content (AvgIpc) is 3.11. The van der Waals surface area contributed by atoms with E-state index in [0.29, 0.717) is 21.5 Å². The summed E-state index contributed by atoms with van der Waals surface area (Å²) in [5.74, 6) is -1.38. The van der Waals surface area contributed by atoms with Gasteiger partial charge in [0.05, 0.1) is 18.4 Å². The molecule has 0 aliphatic carbocycles. The highest BCUT2D eigenvalue weighted by Crippen LogP contribution is 2.27. The Labute approximate surface area is 164 Å². The molecule has 0 saturated heterocycles. The van der Waals surface area contributed by atoms with Crippen LogP contribution in [0.1, 0.15) is 26.5 Å². The molecule has 2 N–H and O–H groups in total. The maximum absolute atomic E-state index is 13.3. The molecule has 0 spiro atoms. The number of nitrogens with one attached hydrogen (secondary N) is 2. The summed E-state index contributed by atoms with van der Waals surface area (Å²) in [5.41, 5.74) is 0.931. The molecule has 0 aliphatic heterocycles. The van der Waals surface area contributed by atoms with E-state index in [0.717, 1.165) is 4.70 Å².